The Labute approximate surface area is 574 Å². The Balaban J connectivity index is -0.0000000148. The fourth-order valence-corrected chi connectivity index (χ4v) is 0.642. The number of aliphatic carboxylic acids is 10. The molecular weight excluding hydrogens is 2790 g/mol. The topological polar surface area (TPSA) is 373 Å². The molecule has 10 radical (unpaired) electrons. The summed E-state index contributed by atoms with van der Waals surface area (Å²) in [4.78, 5) is 90.0. The van der Waals surface area contributed by atoms with Crippen molar-refractivity contribution in [3.8, 4) is 0 Å². The Bertz CT molecular complexity index is 817. The third-order valence-electron chi connectivity index (χ3n) is 1.11. The molecule has 0 spiro atoms. The molecule has 2 rings (SSSR count). The summed E-state index contributed by atoms with van der Waals surface area (Å²) in [6.07, 6.45) is 0. The molecule has 0 saturated heterocycles. The Kier molecular flexibility index (Phi) is 295. The fourth-order valence-electron chi connectivity index (χ4n) is 0.642. The van der Waals surface area contributed by atoms with Crippen molar-refractivity contribution in [1.29, 1.82) is 0 Å². The summed E-state index contributed by atoms with van der Waals surface area (Å²) in [7, 11) is 0. The molecule has 0 atom stereocenters. The number of hydrogen-bond acceptors (Lipinski definition) is 10. The Morgan fingerprint density at radius 2 is 0.295 bits per heavy atom. The maximum absolute atomic E-state index is 9.00. The van der Waals surface area contributed by atoms with Gasteiger partial charge >= 0.3 is 277 Å². The van der Waals surface area contributed by atoms with E-state index in [9.17, 15) is 0 Å². The summed E-state index contributed by atoms with van der Waals surface area (Å²) in [5.41, 5.74) is 0. The largest absolute Gasteiger partial charge is 1.00 e. The molecular formula is C30H50Hg10O20Ru+8. The Hall–Kier alpha value is 3.37. The molecule has 0 unspecified atom stereocenters. The molecule has 61 heavy (non-hydrogen) atoms. The van der Waals surface area contributed by atoms with E-state index in [-0.39, 0.29) is 296 Å². The van der Waals surface area contributed by atoms with Gasteiger partial charge in [0, 0.05) is 88.7 Å². The van der Waals surface area contributed by atoms with Gasteiger partial charge in [0.2, 0.25) is 0 Å². The zero-order valence-corrected chi connectivity index (χ0v) is 93.5. The molecule has 0 heterocycles. The Morgan fingerprint density at radius 3 is 0.311 bits per heavy atom. The molecule has 2 aromatic rings. The molecule has 0 bridgehead atoms. The molecule has 0 aliphatic rings. The van der Waals surface area contributed by atoms with E-state index in [0.717, 1.165) is 69.2 Å². The number of hydrogen-bond donors (Lipinski definition) is 10. The Morgan fingerprint density at radius 1 is 0.246 bits per heavy atom. The molecule has 0 aromatic heterocycles. The molecule has 0 aliphatic heterocycles. The van der Waals surface area contributed by atoms with Crippen LogP contribution in [0.15, 0.2) is 60.7 Å². The average Bonchev–Trinajstić information content (AvgIpc) is 3.55. The van der Waals surface area contributed by atoms with E-state index in [1.165, 1.54) is 0 Å². The molecule has 0 saturated carbocycles. The zero-order valence-electron chi connectivity index (χ0n) is 36.8. The van der Waals surface area contributed by atoms with Crippen molar-refractivity contribution in [3.05, 3.63) is 60.7 Å². The van der Waals surface area contributed by atoms with Gasteiger partial charge in [0.1, 0.15) is 0 Å². The van der Waals surface area contributed by atoms with Gasteiger partial charge in [-0.2, -0.15) is 36.4 Å². The van der Waals surface area contributed by atoms with Crippen LogP contribution >= 0.6 is 0 Å². The van der Waals surface area contributed by atoms with Crippen molar-refractivity contribution in [2.75, 3.05) is 0 Å². The van der Waals surface area contributed by atoms with E-state index in [1.54, 1.807) is 0 Å². The second-order valence-corrected chi connectivity index (χ2v) is 7.11. The van der Waals surface area contributed by atoms with Crippen LogP contribution in [0.3, 0.4) is 0 Å². The van der Waals surface area contributed by atoms with Gasteiger partial charge in [-0.15, -0.1) is 0 Å². The number of carbonyl (C=O) groups is 10. The van der Waals surface area contributed by atoms with Crippen LogP contribution in [-0.4, -0.2) is 111 Å². The van der Waals surface area contributed by atoms with Crippen LogP contribution in [0.2, 0.25) is 0 Å². The first-order chi connectivity index (χ1) is 22.3. The van der Waals surface area contributed by atoms with Gasteiger partial charge in [-0.05, 0) is 0 Å². The second kappa shape index (κ2) is 131. The SMILES string of the molecule is CC(=O)O.CC(=O)O.CC(=O)O.CC(=O)O.CC(=O)O.CC(=O)O.CC(=O)O.CC(=O)O.CC(=O)O.CC(=O)O.[Hg+].[Hg+].[Hg+].[Hg+].[Hg+].[Hg+].[Hg+].[Hg+].[Hg+].[Hg+].[Ru].c1cc[cH-]c1.c1cc[cH-]c1. The second-order valence-electron chi connectivity index (χ2n) is 7.11. The smallest absolute Gasteiger partial charge is 0.481 e. The minimum absolute atomic E-state index is 0. The van der Waals surface area contributed by atoms with Crippen LogP contribution in [0, 0.1) is 0 Å². The number of carboxylic acid groups (broad SMARTS) is 10. The van der Waals surface area contributed by atoms with Crippen molar-refractivity contribution < 1.29 is 395 Å². The van der Waals surface area contributed by atoms with Crippen LogP contribution in [0.25, 0.3) is 0 Å². The standard InChI is InChI=1S/2C5H5.10C2H4O2.10Hg.Ru/c2*1-2-4-5-3-1;10*1-2(3)4;;;;;;;;;;;/h2*1-5H;10*1H3,(H,3,4);;;;;;;;;;;/q2*-1;;;;;;;;;;;10*+1;. The van der Waals surface area contributed by atoms with Crippen molar-refractivity contribution in [1.82, 2.24) is 0 Å². The molecule has 31 heteroatoms. The van der Waals surface area contributed by atoms with Crippen LogP contribution in [0.1, 0.15) is 69.2 Å². The third kappa shape index (κ3) is 1330. The van der Waals surface area contributed by atoms with Crippen molar-refractivity contribution in [2.24, 2.45) is 0 Å². The van der Waals surface area contributed by atoms with Gasteiger partial charge < -0.3 is 51.1 Å². The quantitative estimate of drug-likeness (QED) is 0.133. The molecule has 0 amide bonds. The minimum Gasteiger partial charge on any atom is -0.481 e. The molecule has 0 aliphatic carbocycles. The number of carboxylic acids is 10. The predicted molar refractivity (Wildman–Crippen MR) is 177 cm³/mol. The molecule has 2 aromatic carbocycles. The first-order valence-corrected chi connectivity index (χ1v) is 12.6. The van der Waals surface area contributed by atoms with Crippen LogP contribution in [-0.2, 0) is 344 Å². The molecule has 10 N–H and O–H groups in total. The van der Waals surface area contributed by atoms with E-state index in [4.69, 9.17) is 99.0 Å². The average molecular weight is 2840 g/mol. The van der Waals surface area contributed by atoms with Gasteiger partial charge in [-0.1, -0.05) is 0 Å². The van der Waals surface area contributed by atoms with Gasteiger partial charge in [-0.25, -0.2) is 24.3 Å². The maximum atomic E-state index is 9.00. The van der Waals surface area contributed by atoms with E-state index in [0.29, 0.717) is 0 Å². The molecule has 0 fully saturated rings. The monoisotopic (exact) mass is 2850 g/mol. The summed E-state index contributed by atoms with van der Waals surface area (Å²) in [5.74, 6) is -8.33. The summed E-state index contributed by atoms with van der Waals surface area (Å²) in [6, 6.07) is 20.0. The van der Waals surface area contributed by atoms with Gasteiger partial charge in [0.05, 0.1) is 0 Å². The van der Waals surface area contributed by atoms with E-state index >= 15 is 0 Å². The summed E-state index contributed by atoms with van der Waals surface area (Å²) >= 11 is 0. The van der Waals surface area contributed by atoms with Crippen molar-refractivity contribution in [2.45, 2.75) is 69.2 Å². The van der Waals surface area contributed by atoms with Crippen LogP contribution in [0.5, 0.6) is 0 Å². The normalized spacial score (nSPS) is 5.41. The van der Waals surface area contributed by atoms with Crippen molar-refractivity contribution in [3.63, 3.8) is 0 Å². The van der Waals surface area contributed by atoms with E-state index in [2.05, 4.69) is 0 Å². The molecule has 20 nitrogen and oxygen atoms in total. The van der Waals surface area contributed by atoms with E-state index < -0.39 is 59.7 Å². The zero-order chi connectivity index (χ0) is 42.8. The molecule has 310 valence electrons. The maximum Gasteiger partial charge on any atom is 1.00 e. The van der Waals surface area contributed by atoms with Crippen LogP contribution in [0.4, 0.5) is 0 Å². The van der Waals surface area contributed by atoms with Crippen LogP contribution < -0.4 is 0 Å². The number of rotatable bonds is 0. The summed E-state index contributed by atoms with van der Waals surface area (Å²) < 4.78 is 0. The van der Waals surface area contributed by atoms with Gasteiger partial charge in [-0.3, -0.25) is 47.9 Å². The van der Waals surface area contributed by atoms with Crippen molar-refractivity contribution >= 4 is 59.7 Å². The summed E-state index contributed by atoms with van der Waals surface area (Å²) in [6.45, 7) is 10.8. The van der Waals surface area contributed by atoms with Gasteiger partial charge in [0.15, 0.2) is 0 Å². The summed E-state index contributed by atoms with van der Waals surface area (Å²) in [5, 5.41) is 74.2. The first kappa shape index (κ1) is 137. The van der Waals surface area contributed by atoms with E-state index in [1.807, 2.05) is 60.7 Å². The third-order valence-corrected chi connectivity index (χ3v) is 1.11. The first-order valence-electron chi connectivity index (χ1n) is 12.6. The fraction of sp³-hybridized carbons (Fsp3) is 0.333. The van der Waals surface area contributed by atoms with Gasteiger partial charge in [0.25, 0.3) is 59.7 Å². The minimum atomic E-state index is -0.833. The predicted octanol–water partition coefficient (Wildman–Crippen LogP) is 3.69.